The molecule has 0 aliphatic carbocycles. The van der Waals surface area contributed by atoms with E-state index in [1.165, 1.54) is 0 Å². The molecule has 12 nitrogen and oxygen atoms in total. The molecule has 2 aliphatic heterocycles. The molecule has 1 aromatic rings. The Kier molecular flexibility index (Phi) is 13.2. The summed E-state index contributed by atoms with van der Waals surface area (Å²) in [6, 6.07) is 3.78. The van der Waals surface area contributed by atoms with Crippen molar-refractivity contribution in [1.82, 2.24) is 25.9 Å². The smallest absolute Gasteiger partial charge is 0.246 e. The zero-order chi connectivity index (χ0) is 31.4. The van der Waals surface area contributed by atoms with Crippen LogP contribution >= 0.6 is 0 Å². The topological polar surface area (TPSA) is 157 Å². The Morgan fingerprint density at radius 3 is 2.33 bits per heavy atom. The predicted octanol–water partition coefficient (Wildman–Crippen LogP) is 1.93. The zero-order valence-corrected chi connectivity index (χ0v) is 25.5. The fourth-order valence-corrected chi connectivity index (χ4v) is 5.63. The summed E-state index contributed by atoms with van der Waals surface area (Å²) in [5.74, 6) is -1.07. The summed E-state index contributed by atoms with van der Waals surface area (Å²) in [6.07, 6.45) is 6.18. The summed E-state index contributed by atoms with van der Waals surface area (Å²) in [5.41, 5.74) is 0.796. The predicted molar refractivity (Wildman–Crippen MR) is 159 cm³/mol. The second-order valence-electron chi connectivity index (χ2n) is 11.6. The van der Waals surface area contributed by atoms with E-state index >= 15 is 0 Å². The van der Waals surface area contributed by atoms with Crippen LogP contribution in [0.5, 0.6) is 5.75 Å². The van der Waals surface area contributed by atoms with Crippen LogP contribution in [0.1, 0.15) is 77.2 Å². The van der Waals surface area contributed by atoms with Crippen LogP contribution in [0, 0.1) is 5.92 Å². The highest BCUT2D eigenvalue weighted by molar-refractivity contribution is 5.97. The molecule has 4 N–H and O–H groups in total. The van der Waals surface area contributed by atoms with Crippen LogP contribution in [-0.4, -0.2) is 89.6 Å². The Balaban J connectivity index is 1.87. The molecule has 0 bridgehead atoms. The lowest BCUT2D eigenvalue weighted by Gasteiger charge is -2.39. The van der Waals surface area contributed by atoms with Crippen molar-refractivity contribution in [1.29, 1.82) is 0 Å². The van der Waals surface area contributed by atoms with Gasteiger partial charge < -0.3 is 25.6 Å². The number of benzene rings is 1. The number of unbranched alkanes of at least 4 members (excludes halogenated alkanes) is 3. The van der Waals surface area contributed by atoms with Crippen LogP contribution < -0.4 is 20.7 Å². The van der Waals surface area contributed by atoms with Gasteiger partial charge in [0.2, 0.25) is 30.0 Å². The van der Waals surface area contributed by atoms with Gasteiger partial charge in [0.1, 0.15) is 29.9 Å². The minimum Gasteiger partial charge on any atom is -0.497 e. The van der Waals surface area contributed by atoms with Crippen molar-refractivity contribution in [2.45, 2.75) is 102 Å². The molecule has 2 heterocycles. The molecule has 5 amide bonds. The molecule has 0 saturated carbocycles. The van der Waals surface area contributed by atoms with Gasteiger partial charge in [0.05, 0.1) is 7.11 Å². The fourth-order valence-electron chi connectivity index (χ4n) is 5.63. The van der Waals surface area contributed by atoms with Gasteiger partial charge in [-0.1, -0.05) is 51.7 Å². The molecule has 2 aliphatic rings. The third-order valence-electron chi connectivity index (χ3n) is 8.48. The lowest BCUT2D eigenvalue weighted by Crippen LogP contribution is -2.64. The molecular formula is C31H47N5O7. The quantitative estimate of drug-likeness (QED) is 0.116. The SMILES string of the molecule is CC[C@@H](C)[C@@H]1NC(=O)[C@@H](Cc2ccc(OC)cc2)NC(=O)[C@H](CCCCCCN(O)C=O)NC(=O)[C@@H]2CCCCN2C1=O. The van der Waals surface area contributed by atoms with Gasteiger partial charge in [-0.2, -0.15) is 0 Å². The summed E-state index contributed by atoms with van der Waals surface area (Å²) < 4.78 is 5.24. The van der Waals surface area contributed by atoms with Crippen molar-refractivity contribution in [3.05, 3.63) is 29.8 Å². The first-order chi connectivity index (χ1) is 20.7. The van der Waals surface area contributed by atoms with E-state index in [0.29, 0.717) is 62.3 Å². The second-order valence-corrected chi connectivity index (χ2v) is 11.6. The highest BCUT2D eigenvalue weighted by Crippen LogP contribution is 2.22. The summed E-state index contributed by atoms with van der Waals surface area (Å²) in [4.78, 5) is 67.1. The monoisotopic (exact) mass is 601 g/mol. The van der Waals surface area contributed by atoms with Gasteiger partial charge in [-0.05, 0) is 55.7 Å². The van der Waals surface area contributed by atoms with E-state index in [9.17, 15) is 29.2 Å². The summed E-state index contributed by atoms with van der Waals surface area (Å²) >= 11 is 0. The van der Waals surface area contributed by atoms with E-state index < -0.39 is 36.0 Å². The van der Waals surface area contributed by atoms with Gasteiger partial charge in [0, 0.05) is 19.5 Å². The standard InChI is InChI=1S/C31H47N5O7/c1-4-21(2)27-31(41)36-18-10-8-12-26(36)30(40)32-24(11-7-5-6-9-17-35(42)20-37)28(38)33-25(29(39)34-27)19-22-13-15-23(43-3)16-14-22/h13-16,20-21,24-27,42H,4-12,17-19H2,1-3H3,(H,32,40)(H,33,38)(H,34,39)/t21-,24+,25-,26+,27+/m1/s1. The number of amides is 5. The average molecular weight is 602 g/mol. The van der Waals surface area contributed by atoms with Gasteiger partial charge in [-0.15, -0.1) is 0 Å². The number of nitrogens with one attached hydrogen (secondary N) is 3. The number of carbonyl (C=O) groups excluding carboxylic acids is 5. The molecular weight excluding hydrogens is 554 g/mol. The molecule has 238 valence electrons. The first kappa shape index (κ1) is 33.8. The first-order valence-corrected chi connectivity index (χ1v) is 15.4. The Labute approximate surface area is 253 Å². The van der Waals surface area contributed by atoms with Crippen LogP contribution in [0.15, 0.2) is 24.3 Å². The number of hydrogen-bond donors (Lipinski definition) is 4. The number of methoxy groups -OCH3 is 1. The lowest BCUT2D eigenvalue weighted by atomic mass is 9.93. The number of hydroxylamine groups is 2. The van der Waals surface area contributed by atoms with E-state index in [1.807, 2.05) is 26.0 Å². The van der Waals surface area contributed by atoms with Crippen molar-refractivity contribution in [3.63, 3.8) is 0 Å². The number of piperidine rings is 1. The van der Waals surface area contributed by atoms with Crippen molar-refractivity contribution in [2.75, 3.05) is 20.2 Å². The third kappa shape index (κ3) is 9.67. The molecule has 43 heavy (non-hydrogen) atoms. The lowest BCUT2D eigenvalue weighted by molar-refractivity contribution is -0.149. The normalized spacial score (nSPS) is 24.0. The largest absolute Gasteiger partial charge is 0.497 e. The summed E-state index contributed by atoms with van der Waals surface area (Å²) in [6.45, 7) is 4.48. The molecule has 2 fully saturated rings. The number of carbonyl (C=O) groups is 5. The van der Waals surface area contributed by atoms with Gasteiger partial charge in [0.25, 0.3) is 0 Å². The zero-order valence-electron chi connectivity index (χ0n) is 25.5. The number of nitrogens with zero attached hydrogens (tertiary/aromatic N) is 2. The van der Waals surface area contributed by atoms with Gasteiger partial charge >= 0.3 is 0 Å². The molecule has 0 aromatic heterocycles. The van der Waals surface area contributed by atoms with E-state index in [0.717, 1.165) is 24.8 Å². The average Bonchev–Trinajstić information content (AvgIpc) is 3.03. The van der Waals surface area contributed by atoms with E-state index in [4.69, 9.17) is 4.74 Å². The molecule has 0 radical (unpaired) electrons. The maximum absolute atomic E-state index is 13.9. The van der Waals surface area contributed by atoms with Crippen molar-refractivity contribution < 1.29 is 33.9 Å². The van der Waals surface area contributed by atoms with Crippen LogP contribution in [0.2, 0.25) is 0 Å². The minimum atomic E-state index is -0.977. The number of fused-ring (bicyclic) bond motifs is 1. The maximum Gasteiger partial charge on any atom is 0.246 e. The van der Waals surface area contributed by atoms with Crippen LogP contribution in [0.4, 0.5) is 0 Å². The molecule has 5 atom stereocenters. The van der Waals surface area contributed by atoms with Crippen LogP contribution in [0.25, 0.3) is 0 Å². The van der Waals surface area contributed by atoms with Crippen molar-refractivity contribution in [3.8, 4) is 5.75 Å². The summed E-state index contributed by atoms with van der Waals surface area (Å²) in [7, 11) is 1.56. The molecule has 3 rings (SSSR count). The first-order valence-electron chi connectivity index (χ1n) is 15.4. The summed E-state index contributed by atoms with van der Waals surface area (Å²) in [5, 5.41) is 18.6. The second kappa shape index (κ2) is 16.8. The van der Waals surface area contributed by atoms with E-state index in [-0.39, 0.29) is 30.7 Å². The Morgan fingerprint density at radius 1 is 0.977 bits per heavy atom. The van der Waals surface area contributed by atoms with Crippen LogP contribution in [0.3, 0.4) is 0 Å². The Bertz CT molecular complexity index is 1100. The molecule has 0 unspecified atom stereocenters. The van der Waals surface area contributed by atoms with Crippen molar-refractivity contribution in [2.24, 2.45) is 5.92 Å². The van der Waals surface area contributed by atoms with Gasteiger partial charge in [-0.25, -0.2) is 5.06 Å². The maximum atomic E-state index is 13.9. The third-order valence-corrected chi connectivity index (χ3v) is 8.48. The van der Waals surface area contributed by atoms with E-state index in [2.05, 4.69) is 16.0 Å². The minimum absolute atomic E-state index is 0.181. The number of rotatable bonds is 13. The number of hydrogen-bond acceptors (Lipinski definition) is 7. The highest BCUT2D eigenvalue weighted by Gasteiger charge is 2.40. The fraction of sp³-hybridized carbons (Fsp3) is 0.645. The van der Waals surface area contributed by atoms with Gasteiger partial charge in [-0.3, -0.25) is 29.2 Å². The Morgan fingerprint density at radius 2 is 1.65 bits per heavy atom. The molecule has 0 spiro atoms. The Hall–Kier alpha value is -3.67. The number of ether oxygens (including phenoxy) is 1. The molecule has 1 aromatic carbocycles. The molecule has 2 saturated heterocycles. The van der Waals surface area contributed by atoms with Gasteiger partial charge in [0.15, 0.2) is 0 Å². The van der Waals surface area contributed by atoms with Crippen LogP contribution in [-0.2, 0) is 30.4 Å². The molecule has 12 heteroatoms. The highest BCUT2D eigenvalue weighted by atomic mass is 16.5. The van der Waals surface area contributed by atoms with E-state index in [1.54, 1.807) is 24.1 Å². The van der Waals surface area contributed by atoms with Crippen molar-refractivity contribution >= 4 is 30.0 Å².